The molecule has 0 unspecified atom stereocenters. The van der Waals surface area contributed by atoms with Crippen molar-refractivity contribution in [2.24, 2.45) is 0 Å². The summed E-state index contributed by atoms with van der Waals surface area (Å²) in [5, 5.41) is 0. The van der Waals surface area contributed by atoms with E-state index in [1.54, 1.807) is 83.1 Å². The smallest absolute Gasteiger partial charge is 0.490 e. The van der Waals surface area contributed by atoms with E-state index in [0.29, 0.717) is 22.3 Å². The van der Waals surface area contributed by atoms with Crippen LogP contribution in [0.2, 0.25) is 0 Å². The van der Waals surface area contributed by atoms with Crippen LogP contribution >= 0.6 is 0 Å². The first-order chi connectivity index (χ1) is 31.0. The molecule has 68 heavy (non-hydrogen) atoms. The van der Waals surface area contributed by atoms with E-state index in [4.69, 9.17) is 28.4 Å². The van der Waals surface area contributed by atoms with Crippen molar-refractivity contribution in [1.82, 2.24) is 0 Å². The molecule has 1 aliphatic carbocycles. The van der Waals surface area contributed by atoms with E-state index in [1.165, 1.54) is 48.5 Å². The van der Waals surface area contributed by atoms with Gasteiger partial charge in [0.1, 0.15) is 23.0 Å². The van der Waals surface area contributed by atoms with Crippen LogP contribution in [0.4, 0.5) is 26.3 Å². The number of carbonyl (C=O) groups is 4. The highest BCUT2D eigenvalue weighted by molar-refractivity contribution is 6.14. The average Bonchev–Trinajstić information content (AvgIpc) is 3.22. The zero-order valence-corrected chi connectivity index (χ0v) is 41.1. The quantitative estimate of drug-likeness (QED) is 0.136. The highest BCUT2D eigenvalue weighted by atomic mass is 19.4. The SMILES string of the molecule is COc1c2cc(C(C)(C)C)cc1C(OC(=O)C(F)(F)F)c1cc(C(C)(C)C)cc(c1OC)C(=O)c1cc(C(C)(C)C)cc(c1OC)C(OC(=O)C(F)(F)F)c1cc(C(C)(C)C)cc(c1OC)C2=O. The van der Waals surface area contributed by atoms with Crippen LogP contribution in [0, 0.1) is 0 Å². The summed E-state index contributed by atoms with van der Waals surface area (Å²) >= 11 is 0. The molecule has 0 aliphatic heterocycles. The number of esters is 2. The molecule has 10 nitrogen and oxygen atoms in total. The first kappa shape index (κ1) is 52.9. The summed E-state index contributed by atoms with van der Waals surface area (Å²) in [6.07, 6.45) is -15.3. The lowest BCUT2D eigenvalue weighted by molar-refractivity contribution is -0.203. The summed E-state index contributed by atoms with van der Waals surface area (Å²) in [6.45, 7) is 21.2. The largest absolute Gasteiger partial charge is 0.496 e. The predicted molar refractivity (Wildman–Crippen MR) is 242 cm³/mol. The van der Waals surface area contributed by atoms with Gasteiger partial charge in [0.2, 0.25) is 11.6 Å². The number of halogens is 6. The molecule has 0 aromatic heterocycles. The Bertz CT molecular complexity index is 2330. The topological polar surface area (TPSA) is 124 Å². The molecule has 0 spiro atoms. The molecule has 368 valence electrons. The molecule has 0 saturated carbocycles. The second kappa shape index (κ2) is 18.1. The number of benzene rings is 4. The normalized spacial score (nSPS) is 16.0. The fourth-order valence-corrected chi connectivity index (χ4v) is 7.93. The van der Waals surface area contributed by atoms with Gasteiger partial charge in [-0.25, -0.2) is 9.59 Å². The number of ketones is 2. The molecular weight excluding hydrogens is 899 g/mol. The molecule has 0 radical (unpaired) electrons. The van der Waals surface area contributed by atoms with Crippen molar-refractivity contribution in [2.75, 3.05) is 28.4 Å². The highest BCUT2D eigenvalue weighted by Crippen LogP contribution is 2.50. The van der Waals surface area contributed by atoms with Crippen molar-refractivity contribution in [2.45, 2.75) is 129 Å². The van der Waals surface area contributed by atoms with Gasteiger partial charge in [0, 0.05) is 22.3 Å². The standard InChI is InChI=1S/C52H58F6O10/c1-47(2,3)25-17-29-37(59)30-18-26(48(4,5)6)23-35(40(30)64-14)44(68-46(62)52(56,57)58)36-24-28(50(10,11)12)20-32(42(36)66-16)38(60)31-19-27(49(7,8)9)22-34(41(31)65-15)43(33(21-25)39(29)63-13)67-45(61)51(53,54)55/h17-24,43-44H,1-16H3. The predicted octanol–water partition coefficient (Wildman–Crippen LogP) is 12.1. The molecule has 5 rings (SSSR count). The van der Waals surface area contributed by atoms with Crippen LogP contribution in [-0.2, 0) is 40.7 Å². The molecule has 4 aromatic rings. The number of ether oxygens (including phenoxy) is 6. The van der Waals surface area contributed by atoms with Crippen molar-refractivity contribution >= 4 is 23.5 Å². The zero-order chi connectivity index (χ0) is 51.6. The van der Waals surface area contributed by atoms with E-state index in [0.717, 1.165) is 28.4 Å². The van der Waals surface area contributed by atoms with E-state index in [1.807, 2.05) is 0 Å². The number of hydrogen-bond acceptors (Lipinski definition) is 10. The molecule has 16 heteroatoms. The van der Waals surface area contributed by atoms with Gasteiger partial charge in [-0.05, 0) is 92.4 Å². The number of hydrogen-bond donors (Lipinski definition) is 0. The summed E-state index contributed by atoms with van der Waals surface area (Å²) in [5.74, 6) is -8.47. The van der Waals surface area contributed by atoms with Crippen LogP contribution in [0.15, 0.2) is 48.5 Å². The van der Waals surface area contributed by atoms with Crippen molar-refractivity contribution in [3.05, 3.63) is 115 Å². The first-order valence-corrected chi connectivity index (χ1v) is 21.6. The Morgan fingerprint density at radius 3 is 0.721 bits per heavy atom. The number of methoxy groups -OCH3 is 4. The highest BCUT2D eigenvalue weighted by Gasteiger charge is 2.47. The Balaban J connectivity index is 2.24. The maximum atomic E-state index is 15.6. The minimum absolute atomic E-state index is 0.256. The Labute approximate surface area is 392 Å². The maximum absolute atomic E-state index is 15.6. The number of rotatable bonds is 6. The summed E-state index contributed by atoms with van der Waals surface area (Å²) < 4.78 is 122. The van der Waals surface area contributed by atoms with Crippen molar-refractivity contribution in [3.8, 4) is 23.0 Å². The lowest BCUT2D eigenvalue weighted by Crippen LogP contribution is -2.29. The van der Waals surface area contributed by atoms with E-state index in [9.17, 15) is 35.9 Å². The Morgan fingerprint density at radius 1 is 0.382 bits per heavy atom. The monoisotopic (exact) mass is 956 g/mol. The van der Waals surface area contributed by atoms with Crippen LogP contribution in [0.25, 0.3) is 0 Å². The zero-order valence-electron chi connectivity index (χ0n) is 41.1. The van der Waals surface area contributed by atoms with Gasteiger partial charge < -0.3 is 28.4 Å². The Morgan fingerprint density at radius 2 is 0.574 bits per heavy atom. The molecule has 0 atom stereocenters. The summed E-state index contributed by atoms with van der Waals surface area (Å²) in [6, 6.07) is 11.5. The molecule has 0 fully saturated rings. The van der Waals surface area contributed by atoms with Crippen LogP contribution in [0.5, 0.6) is 23.0 Å². The minimum atomic E-state index is -5.54. The van der Waals surface area contributed by atoms with E-state index in [2.05, 4.69) is 0 Å². The van der Waals surface area contributed by atoms with Crippen LogP contribution < -0.4 is 18.9 Å². The fraction of sp³-hybridized carbons (Fsp3) is 0.462. The molecule has 8 bridgehead atoms. The van der Waals surface area contributed by atoms with Crippen molar-refractivity contribution < 1.29 is 73.9 Å². The lowest BCUT2D eigenvalue weighted by Gasteiger charge is -2.31. The van der Waals surface area contributed by atoms with E-state index < -0.39 is 69.7 Å². The fourth-order valence-electron chi connectivity index (χ4n) is 7.93. The third-order valence-electron chi connectivity index (χ3n) is 11.8. The molecule has 0 N–H and O–H groups in total. The number of alkyl halides is 6. The van der Waals surface area contributed by atoms with Crippen molar-refractivity contribution in [1.29, 1.82) is 0 Å². The van der Waals surface area contributed by atoms with Crippen molar-refractivity contribution in [3.63, 3.8) is 0 Å². The van der Waals surface area contributed by atoms with Gasteiger partial charge in [0.15, 0.2) is 12.2 Å². The minimum Gasteiger partial charge on any atom is -0.496 e. The molecule has 1 aliphatic rings. The van der Waals surface area contributed by atoms with Gasteiger partial charge >= 0.3 is 24.3 Å². The molecule has 4 aromatic carbocycles. The van der Waals surface area contributed by atoms with Gasteiger partial charge in [-0.15, -0.1) is 0 Å². The summed E-state index contributed by atoms with van der Waals surface area (Å²) in [7, 11) is 4.60. The summed E-state index contributed by atoms with van der Waals surface area (Å²) in [4.78, 5) is 57.7. The van der Waals surface area contributed by atoms with Gasteiger partial charge in [0.25, 0.3) is 0 Å². The van der Waals surface area contributed by atoms with E-state index in [-0.39, 0.29) is 67.5 Å². The number of carbonyl (C=O) groups excluding carboxylic acids is 4. The Hall–Kier alpha value is -6.06. The number of fused-ring (bicyclic) bond motifs is 8. The second-order valence-electron chi connectivity index (χ2n) is 20.8. The lowest BCUT2D eigenvalue weighted by atomic mass is 9.78. The molecule has 0 saturated heterocycles. The van der Waals surface area contributed by atoms with Gasteiger partial charge in [-0.3, -0.25) is 9.59 Å². The molecule has 0 amide bonds. The van der Waals surface area contributed by atoms with Crippen LogP contribution in [0.3, 0.4) is 0 Å². The molecule has 0 heterocycles. The van der Waals surface area contributed by atoms with E-state index >= 15 is 9.59 Å². The van der Waals surface area contributed by atoms with Gasteiger partial charge in [-0.1, -0.05) is 83.1 Å². The first-order valence-electron chi connectivity index (χ1n) is 21.6. The summed E-state index contributed by atoms with van der Waals surface area (Å²) in [5.41, 5.74) is -4.32. The third-order valence-corrected chi connectivity index (χ3v) is 11.8. The molecular formula is C52H58F6O10. The second-order valence-corrected chi connectivity index (χ2v) is 20.8. The maximum Gasteiger partial charge on any atom is 0.490 e. The van der Waals surface area contributed by atoms with Gasteiger partial charge in [-0.2, -0.15) is 26.3 Å². The van der Waals surface area contributed by atoms with Crippen LogP contribution in [-0.4, -0.2) is 64.3 Å². The van der Waals surface area contributed by atoms with Crippen LogP contribution in [0.1, 0.15) is 172 Å². The average molecular weight is 957 g/mol. The Kier molecular flexibility index (Phi) is 14.1. The van der Waals surface area contributed by atoms with Gasteiger partial charge in [0.05, 0.1) is 50.7 Å². The third kappa shape index (κ3) is 10.3.